The van der Waals surface area contributed by atoms with Crippen molar-refractivity contribution in [1.82, 2.24) is 14.7 Å². The Bertz CT molecular complexity index is 428. The summed E-state index contributed by atoms with van der Waals surface area (Å²) in [6, 6.07) is 12.2. The van der Waals surface area contributed by atoms with Gasteiger partial charge in [0.25, 0.3) is 0 Å². The molecule has 2 aromatic rings. The van der Waals surface area contributed by atoms with E-state index in [4.69, 9.17) is 5.11 Å². The molecular formula is C14H19N3O. The van der Waals surface area contributed by atoms with Crippen LogP contribution in [0.2, 0.25) is 0 Å². The summed E-state index contributed by atoms with van der Waals surface area (Å²) in [6.07, 6.45) is 3.74. The number of hydrogen-bond acceptors (Lipinski definition) is 3. The summed E-state index contributed by atoms with van der Waals surface area (Å²) in [5.41, 5.74) is 1.27. The molecule has 4 nitrogen and oxygen atoms in total. The minimum absolute atomic E-state index is 0.186. The number of nitrogens with zero attached hydrogens (tertiary/aromatic N) is 3. The molecule has 0 aliphatic carbocycles. The molecule has 0 radical (unpaired) electrons. The normalized spacial score (nSPS) is 11.0. The van der Waals surface area contributed by atoms with E-state index in [1.165, 1.54) is 5.56 Å². The Hall–Kier alpha value is -1.65. The van der Waals surface area contributed by atoms with Crippen LogP contribution in [0.5, 0.6) is 0 Å². The van der Waals surface area contributed by atoms with Crippen molar-refractivity contribution in [3.8, 4) is 0 Å². The first-order chi connectivity index (χ1) is 8.88. The van der Waals surface area contributed by atoms with Gasteiger partial charge in [-0.05, 0) is 11.6 Å². The van der Waals surface area contributed by atoms with Crippen LogP contribution < -0.4 is 0 Å². The maximum atomic E-state index is 9.11. The molecule has 0 atom stereocenters. The average molecular weight is 245 g/mol. The molecule has 0 aliphatic heterocycles. The van der Waals surface area contributed by atoms with Crippen LogP contribution in [0.4, 0.5) is 0 Å². The molecule has 0 saturated carbocycles. The molecule has 1 heterocycles. The van der Waals surface area contributed by atoms with Crippen LogP contribution in [0.3, 0.4) is 0 Å². The number of hydrogen-bond donors (Lipinski definition) is 1. The van der Waals surface area contributed by atoms with Crippen molar-refractivity contribution in [2.45, 2.75) is 13.1 Å². The molecule has 0 saturated heterocycles. The molecule has 18 heavy (non-hydrogen) atoms. The zero-order valence-electron chi connectivity index (χ0n) is 10.4. The molecule has 96 valence electrons. The molecule has 0 amide bonds. The maximum Gasteiger partial charge on any atom is 0.0558 e. The molecule has 0 spiro atoms. The van der Waals surface area contributed by atoms with Gasteiger partial charge in [-0.25, -0.2) is 0 Å². The molecule has 1 aromatic carbocycles. The third kappa shape index (κ3) is 3.98. The Morgan fingerprint density at radius 2 is 1.94 bits per heavy atom. The van der Waals surface area contributed by atoms with Gasteiger partial charge in [-0.2, -0.15) is 5.10 Å². The Kier molecular flexibility index (Phi) is 4.93. The zero-order valence-corrected chi connectivity index (χ0v) is 10.4. The molecule has 2 rings (SSSR count). The minimum atomic E-state index is 0.186. The van der Waals surface area contributed by atoms with E-state index in [1.54, 1.807) is 6.20 Å². The van der Waals surface area contributed by atoms with E-state index in [-0.39, 0.29) is 6.61 Å². The smallest absolute Gasteiger partial charge is 0.0558 e. The SMILES string of the molecule is OCCN(CCn1cccn1)Cc1ccccc1. The predicted octanol–water partition coefficient (Wildman–Crippen LogP) is 1.38. The van der Waals surface area contributed by atoms with Gasteiger partial charge in [0.05, 0.1) is 13.2 Å². The maximum absolute atomic E-state index is 9.11. The van der Waals surface area contributed by atoms with E-state index in [1.807, 2.05) is 35.1 Å². The van der Waals surface area contributed by atoms with Crippen LogP contribution in [-0.2, 0) is 13.1 Å². The van der Waals surface area contributed by atoms with Gasteiger partial charge in [0.15, 0.2) is 0 Å². The summed E-state index contributed by atoms with van der Waals surface area (Å²) in [4.78, 5) is 2.23. The highest BCUT2D eigenvalue weighted by molar-refractivity contribution is 5.14. The summed E-state index contributed by atoms with van der Waals surface area (Å²) in [6.45, 7) is 3.47. The third-order valence-corrected chi connectivity index (χ3v) is 2.87. The summed E-state index contributed by atoms with van der Waals surface area (Å²) < 4.78 is 1.91. The second kappa shape index (κ2) is 6.93. The Morgan fingerprint density at radius 1 is 1.11 bits per heavy atom. The first kappa shape index (κ1) is 12.8. The van der Waals surface area contributed by atoms with Crippen molar-refractivity contribution in [3.05, 3.63) is 54.4 Å². The van der Waals surface area contributed by atoms with Crippen molar-refractivity contribution in [3.63, 3.8) is 0 Å². The van der Waals surface area contributed by atoms with Gasteiger partial charge in [-0.3, -0.25) is 9.58 Å². The van der Waals surface area contributed by atoms with E-state index >= 15 is 0 Å². The second-order valence-electron chi connectivity index (χ2n) is 4.25. The zero-order chi connectivity index (χ0) is 12.6. The van der Waals surface area contributed by atoms with Crippen molar-refractivity contribution < 1.29 is 5.11 Å². The van der Waals surface area contributed by atoms with Crippen LogP contribution >= 0.6 is 0 Å². The van der Waals surface area contributed by atoms with Crippen molar-refractivity contribution in [1.29, 1.82) is 0 Å². The lowest BCUT2D eigenvalue weighted by Gasteiger charge is -2.21. The molecule has 0 aliphatic rings. The highest BCUT2D eigenvalue weighted by Gasteiger charge is 2.05. The first-order valence-electron chi connectivity index (χ1n) is 6.23. The topological polar surface area (TPSA) is 41.3 Å². The van der Waals surface area contributed by atoms with Gasteiger partial charge in [0, 0.05) is 32.0 Å². The standard InChI is InChI=1S/C14H19N3O/c18-12-11-16(9-10-17-8-4-7-15-17)13-14-5-2-1-3-6-14/h1-8,18H,9-13H2. The highest BCUT2D eigenvalue weighted by Crippen LogP contribution is 2.04. The summed E-state index contributed by atoms with van der Waals surface area (Å²) in [5, 5.41) is 13.3. The van der Waals surface area contributed by atoms with Crippen LogP contribution in [0, 0.1) is 0 Å². The van der Waals surface area contributed by atoms with Crippen LogP contribution in [0.25, 0.3) is 0 Å². The Balaban J connectivity index is 1.87. The quantitative estimate of drug-likeness (QED) is 0.801. The van der Waals surface area contributed by atoms with E-state index in [2.05, 4.69) is 22.1 Å². The molecule has 4 heteroatoms. The predicted molar refractivity (Wildman–Crippen MR) is 71.0 cm³/mol. The van der Waals surface area contributed by atoms with Gasteiger partial charge in [-0.1, -0.05) is 30.3 Å². The lowest BCUT2D eigenvalue weighted by atomic mass is 10.2. The second-order valence-corrected chi connectivity index (χ2v) is 4.25. The number of aromatic nitrogens is 2. The Morgan fingerprint density at radius 3 is 2.61 bits per heavy atom. The lowest BCUT2D eigenvalue weighted by Crippen LogP contribution is -2.30. The van der Waals surface area contributed by atoms with Gasteiger partial charge >= 0.3 is 0 Å². The van der Waals surface area contributed by atoms with Crippen LogP contribution in [0.15, 0.2) is 48.8 Å². The number of aliphatic hydroxyl groups excluding tert-OH is 1. The molecule has 1 N–H and O–H groups in total. The number of aliphatic hydroxyl groups is 1. The Labute approximate surface area is 107 Å². The van der Waals surface area contributed by atoms with Gasteiger partial charge < -0.3 is 5.11 Å². The largest absolute Gasteiger partial charge is 0.395 e. The third-order valence-electron chi connectivity index (χ3n) is 2.87. The van der Waals surface area contributed by atoms with Gasteiger partial charge in [0.2, 0.25) is 0 Å². The first-order valence-corrected chi connectivity index (χ1v) is 6.23. The van der Waals surface area contributed by atoms with Crippen molar-refractivity contribution >= 4 is 0 Å². The fourth-order valence-corrected chi connectivity index (χ4v) is 1.93. The fraction of sp³-hybridized carbons (Fsp3) is 0.357. The van der Waals surface area contributed by atoms with Gasteiger partial charge in [0.1, 0.15) is 0 Å². The summed E-state index contributed by atoms with van der Waals surface area (Å²) in [5.74, 6) is 0. The molecular weight excluding hydrogens is 226 g/mol. The molecule has 0 unspecified atom stereocenters. The molecule has 0 bridgehead atoms. The van der Waals surface area contributed by atoms with Crippen LogP contribution in [-0.4, -0.2) is 39.5 Å². The van der Waals surface area contributed by atoms with Crippen molar-refractivity contribution in [2.75, 3.05) is 19.7 Å². The van der Waals surface area contributed by atoms with Crippen molar-refractivity contribution in [2.24, 2.45) is 0 Å². The van der Waals surface area contributed by atoms with E-state index < -0.39 is 0 Å². The number of benzene rings is 1. The van der Waals surface area contributed by atoms with E-state index in [0.717, 1.165) is 19.6 Å². The molecule has 1 aromatic heterocycles. The summed E-state index contributed by atoms with van der Waals surface area (Å²) >= 11 is 0. The molecule has 0 fully saturated rings. The van der Waals surface area contributed by atoms with Gasteiger partial charge in [-0.15, -0.1) is 0 Å². The monoisotopic (exact) mass is 245 g/mol. The highest BCUT2D eigenvalue weighted by atomic mass is 16.3. The summed E-state index contributed by atoms with van der Waals surface area (Å²) in [7, 11) is 0. The van der Waals surface area contributed by atoms with E-state index in [0.29, 0.717) is 6.54 Å². The number of rotatable bonds is 7. The minimum Gasteiger partial charge on any atom is -0.395 e. The fourth-order valence-electron chi connectivity index (χ4n) is 1.93. The lowest BCUT2D eigenvalue weighted by molar-refractivity contribution is 0.183. The van der Waals surface area contributed by atoms with Crippen LogP contribution in [0.1, 0.15) is 5.56 Å². The van der Waals surface area contributed by atoms with E-state index in [9.17, 15) is 0 Å². The average Bonchev–Trinajstić information content (AvgIpc) is 2.91.